The minimum Gasteiger partial charge on any atom is -0.331 e. The average molecular weight is 378 g/mol. The van der Waals surface area contributed by atoms with Gasteiger partial charge in [0.15, 0.2) is 0 Å². The standard InChI is InChI=1S/C15H12Cl4N2O/c1-8(10-6-5-9(16)7-12(10)18)20-15(22)21-13-4-2-3-11(17)14(13)19/h2-8H,1H3,(H2,20,21,22)/t8-/m0/s1. The Balaban J connectivity index is 2.07. The second-order valence-corrected chi connectivity index (χ2v) is 6.22. The molecule has 2 N–H and O–H groups in total. The Labute approximate surface area is 148 Å². The van der Waals surface area contributed by atoms with Gasteiger partial charge in [0.2, 0.25) is 0 Å². The summed E-state index contributed by atoms with van der Waals surface area (Å²) in [5, 5.41) is 7.10. The topological polar surface area (TPSA) is 41.1 Å². The lowest BCUT2D eigenvalue weighted by Gasteiger charge is -2.17. The van der Waals surface area contributed by atoms with Crippen molar-refractivity contribution < 1.29 is 4.79 Å². The molecule has 0 radical (unpaired) electrons. The number of anilines is 1. The maximum atomic E-state index is 12.0. The smallest absolute Gasteiger partial charge is 0.319 e. The Morgan fingerprint density at radius 1 is 1.05 bits per heavy atom. The highest BCUT2D eigenvalue weighted by atomic mass is 35.5. The Bertz CT molecular complexity index is 706. The molecule has 0 aliphatic carbocycles. The van der Waals surface area contributed by atoms with Crippen molar-refractivity contribution in [1.29, 1.82) is 0 Å². The number of carbonyl (C=O) groups is 1. The first-order valence-corrected chi connectivity index (χ1v) is 7.86. The van der Waals surface area contributed by atoms with Gasteiger partial charge in [0, 0.05) is 10.0 Å². The Hall–Kier alpha value is -1.13. The Morgan fingerprint density at radius 3 is 2.45 bits per heavy atom. The van der Waals surface area contributed by atoms with Crippen LogP contribution in [-0.2, 0) is 0 Å². The van der Waals surface area contributed by atoms with Gasteiger partial charge >= 0.3 is 6.03 Å². The Morgan fingerprint density at radius 2 is 1.77 bits per heavy atom. The van der Waals surface area contributed by atoms with E-state index in [9.17, 15) is 4.79 Å². The fourth-order valence-corrected chi connectivity index (χ4v) is 2.81. The van der Waals surface area contributed by atoms with Crippen LogP contribution in [0, 0.1) is 0 Å². The van der Waals surface area contributed by atoms with E-state index in [0.717, 1.165) is 5.56 Å². The van der Waals surface area contributed by atoms with Gasteiger partial charge in [-0.3, -0.25) is 0 Å². The number of benzene rings is 2. The molecule has 0 aromatic heterocycles. The number of hydrogen-bond donors (Lipinski definition) is 2. The van der Waals surface area contributed by atoms with E-state index in [1.807, 2.05) is 6.92 Å². The van der Waals surface area contributed by atoms with Gasteiger partial charge in [-0.15, -0.1) is 0 Å². The molecule has 2 aromatic rings. The number of rotatable bonds is 3. The summed E-state index contributed by atoms with van der Waals surface area (Å²) in [7, 11) is 0. The van der Waals surface area contributed by atoms with Crippen molar-refractivity contribution in [3.63, 3.8) is 0 Å². The molecule has 22 heavy (non-hydrogen) atoms. The van der Waals surface area contributed by atoms with Crippen molar-refractivity contribution in [3.8, 4) is 0 Å². The summed E-state index contributed by atoms with van der Waals surface area (Å²) in [6.07, 6.45) is 0. The number of urea groups is 1. The maximum absolute atomic E-state index is 12.0. The lowest BCUT2D eigenvalue weighted by atomic mass is 10.1. The molecular formula is C15H12Cl4N2O. The van der Waals surface area contributed by atoms with Gasteiger partial charge in [-0.25, -0.2) is 4.79 Å². The highest BCUT2D eigenvalue weighted by molar-refractivity contribution is 6.44. The third-order valence-electron chi connectivity index (χ3n) is 2.98. The van der Waals surface area contributed by atoms with Gasteiger partial charge in [-0.05, 0) is 36.8 Å². The average Bonchev–Trinajstić information content (AvgIpc) is 2.43. The number of halogens is 4. The van der Waals surface area contributed by atoms with Crippen LogP contribution in [0.25, 0.3) is 0 Å². The van der Waals surface area contributed by atoms with Crippen LogP contribution in [0.4, 0.5) is 10.5 Å². The zero-order chi connectivity index (χ0) is 16.3. The van der Waals surface area contributed by atoms with Crippen LogP contribution in [0.1, 0.15) is 18.5 Å². The lowest BCUT2D eigenvalue weighted by molar-refractivity contribution is 0.249. The molecule has 2 aromatic carbocycles. The molecule has 0 spiro atoms. The molecule has 116 valence electrons. The summed E-state index contributed by atoms with van der Waals surface area (Å²) >= 11 is 23.9. The first-order valence-electron chi connectivity index (χ1n) is 6.35. The largest absolute Gasteiger partial charge is 0.331 e. The number of hydrogen-bond acceptors (Lipinski definition) is 1. The first-order chi connectivity index (χ1) is 10.4. The zero-order valence-electron chi connectivity index (χ0n) is 11.5. The van der Waals surface area contributed by atoms with E-state index in [-0.39, 0.29) is 11.1 Å². The van der Waals surface area contributed by atoms with Crippen molar-refractivity contribution in [3.05, 3.63) is 62.1 Å². The van der Waals surface area contributed by atoms with Gasteiger partial charge in [0.1, 0.15) is 0 Å². The monoisotopic (exact) mass is 376 g/mol. The highest BCUT2D eigenvalue weighted by Gasteiger charge is 2.14. The van der Waals surface area contributed by atoms with Crippen LogP contribution in [0.3, 0.4) is 0 Å². The Kier molecular flexibility index (Phi) is 5.81. The van der Waals surface area contributed by atoms with Gasteiger partial charge in [-0.1, -0.05) is 58.5 Å². The molecule has 0 bridgehead atoms. The number of carbonyl (C=O) groups excluding carboxylic acids is 1. The second-order valence-electron chi connectivity index (χ2n) is 4.59. The summed E-state index contributed by atoms with van der Waals surface area (Å²) < 4.78 is 0. The molecule has 0 saturated carbocycles. The third-order valence-corrected chi connectivity index (χ3v) is 4.36. The molecule has 1 atom stereocenters. The van der Waals surface area contributed by atoms with Crippen LogP contribution < -0.4 is 10.6 Å². The van der Waals surface area contributed by atoms with Crippen LogP contribution in [0.15, 0.2) is 36.4 Å². The quantitative estimate of drug-likeness (QED) is 0.658. The van der Waals surface area contributed by atoms with Crippen LogP contribution >= 0.6 is 46.4 Å². The molecule has 0 heterocycles. The van der Waals surface area contributed by atoms with Crippen molar-refractivity contribution in [1.82, 2.24) is 5.32 Å². The summed E-state index contributed by atoms with van der Waals surface area (Å²) in [4.78, 5) is 12.0. The van der Waals surface area contributed by atoms with E-state index in [0.29, 0.717) is 20.8 Å². The van der Waals surface area contributed by atoms with E-state index >= 15 is 0 Å². The molecule has 0 aliphatic rings. The first kappa shape index (κ1) is 17.2. The summed E-state index contributed by atoms with van der Waals surface area (Å²) in [6.45, 7) is 1.81. The maximum Gasteiger partial charge on any atom is 0.319 e. The molecule has 0 unspecified atom stereocenters. The van der Waals surface area contributed by atoms with E-state index in [1.54, 1.807) is 36.4 Å². The second kappa shape index (κ2) is 7.42. The minimum absolute atomic E-state index is 0.288. The fraction of sp³-hybridized carbons (Fsp3) is 0.133. The molecule has 2 rings (SSSR count). The normalized spacial score (nSPS) is 11.9. The predicted molar refractivity (Wildman–Crippen MR) is 93.5 cm³/mol. The van der Waals surface area contributed by atoms with Crippen molar-refractivity contribution in [2.75, 3.05) is 5.32 Å². The van der Waals surface area contributed by atoms with Crippen LogP contribution in [0.5, 0.6) is 0 Å². The molecule has 2 amide bonds. The fourth-order valence-electron chi connectivity index (χ4n) is 1.89. The van der Waals surface area contributed by atoms with Crippen molar-refractivity contribution in [2.45, 2.75) is 13.0 Å². The van der Waals surface area contributed by atoms with Gasteiger partial charge in [-0.2, -0.15) is 0 Å². The van der Waals surface area contributed by atoms with E-state index in [1.165, 1.54) is 0 Å². The van der Waals surface area contributed by atoms with Crippen molar-refractivity contribution in [2.24, 2.45) is 0 Å². The molecule has 7 heteroatoms. The summed E-state index contributed by atoms with van der Waals surface area (Å²) in [5.74, 6) is 0. The molecule has 0 aliphatic heterocycles. The van der Waals surface area contributed by atoms with Crippen molar-refractivity contribution >= 4 is 58.1 Å². The van der Waals surface area contributed by atoms with Gasteiger partial charge in [0.05, 0.1) is 21.8 Å². The molecule has 0 fully saturated rings. The molecule has 0 saturated heterocycles. The molecule has 3 nitrogen and oxygen atoms in total. The van der Waals surface area contributed by atoms with Gasteiger partial charge in [0.25, 0.3) is 0 Å². The number of amides is 2. The molecular weight excluding hydrogens is 366 g/mol. The van der Waals surface area contributed by atoms with Crippen LogP contribution in [-0.4, -0.2) is 6.03 Å². The number of nitrogens with one attached hydrogen (secondary N) is 2. The van der Waals surface area contributed by atoms with E-state index < -0.39 is 6.03 Å². The SMILES string of the molecule is C[C@H](NC(=O)Nc1cccc(Cl)c1Cl)c1ccc(Cl)cc1Cl. The summed E-state index contributed by atoms with van der Waals surface area (Å²) in [6, 6.07) is 9.39. The highest BCUT2D eigenvalue weighted by Crippen LogP contribution is 2.30. The van der Waals surface area contributed by atoms with E-state index in [2.05, 4.69) is 10.6 Å². The predicted octanol–water partition coefficient (Wildman–Crippen LogP) is 6.18. The van der Waals surface area contributed by atoms with Crippen LogP contribution in [0.2, 0.25) is 20.1 Å². The lowest BCUT2D eigenvalue weighted by Crippen LogP contribution is -2.31. The van der Waals surface area contributed by atoms with E-state index in [4.69, 9.17) is 46.4 Å². The third kappa shape index (κ3) is 4.20. The minimum atomic E-state index is -0.414. The van der Waals surface area contributed by atoms with Gasteiger partial charge < -0.3 is 10.6 Å². The zero-order valence-corrected chi connectivity index (χ0v) is 14.5. The summed E-state index contributed by atoms with van der Waals surface area (Å²) in [5.41, 5.74) is 1.19.